The highest BCUT2D eigenvalue weighted by Crippen LogP contribution is 2.25. The monoisotopic (exact) mass is 273 g/mol. The van der Waals surface area contributed by atoms with E-state index in [0.29, 0.717) is 5.56 Å². The zero-order chi connectivity index (χ0) is 15.1. The summed E-state index contributed by atoms with van der Waals surface area (Å²) >= 11 is 0. The number of hydrogen-bond donors (Lipinski definition) is 1. The van der Waals surface area contributed by atoms with Crippen LogP contribution in [0.3, 0.4) is 0 Å². The number of aromatic carboxylic acids is 1. The zero-order valence-electron chi connectivity index (χ0n) is 11.2. The van der Waals surface area contributed by atoms with Gasteiger partial charge in [-0.05, 0) is 17.2 Å². The summed E-state index contributed by atoms with van der Waals surface area (Å²) < 4.78 is 0. The number of non-ortho nitro benzene ring substituents is 1. The van der Waals surface area contributed by atoms with E-state index in [-0.39, 0.29) is 11.3 Å². The van der Waals surface area contributed by atoms with Crippen LogP contribution < -0.4 is 0 Å². The van der Waals surface area contributed by atoms with Gasteiger partial charge in [-0.25, -0.2) is 4.79 Å². The maximum absolute atomic E-state index is 10.9. The molecule has 0 saturated carbocycles. The second-order valence-corrected chi connectivity index (χ2v) is 3.70. The first-order valence-electron chi connectivity index (χ1n) is 6.16. The lowest BCUT2D eigenvalue weighted by Gasteiger charge is -2.03. The Morgan fingerprint density at radius 3 is 2.15 bits per heavy atom. The summed E-state index contributed by atoms with van der Waals surface area (Å²) in [7, 11) is 0. The summed E-state index contributed by atoms with van der Waals surface area (Å²) in [6, 6.07) is 12.8. The third-order valence-corrected chi connectivity index (χ3v) is 2.48. The maximum Gasteiger partial charge on any atom is 0.335 e. The van der Waals surface area contributed by atoms with Gasteiger partial charge in [0.25, 0.3) is 5.69 Å². The summed E-state index contributed by atoms with van der Waals surface area (Å²) in [6.07, 6.45) is 0. The number of nitrogens with zero attached hydrogens (tertiary/aromatic N) is 1. The first kappa shape index (κ1) is 15.4. The van der Waals surface area contributed by atoms with E-state index in [9.17, 15) is 14.9 Å². The van der Waals surface area contributed by atoms with Gasteiger partial charge >= 0.3 is 5.97 Å². The van der Waals surface area contributed by atoms with Crippen LogP contribution in [0, 0.1) is 10.1 Å². The van der Waals surface area contributed by atoms with Gasteiger partial charge in [0.05, 0.1) is 10.5 Å². The van der Waals surface area contributed by atoms with Crippen molar-refractivity contribution in [2.24, 2.45) is 0 Å². The fourth-order valence-corrected chi connectivity index (χ4v) is 1.64. The molecule has 0 fully saturated rings. The Labute approximate surface area is 116 Å². The van der Waals surface area contributed by atoms with Gasteiger partial charge < -0.3 is 5.11 Å². The number of nitro groups is 1. The molecular weight excluding hydrogens is 258 g/mol. The molecule has 0 aromatic heterocycles. The third kappa shape index (κ3) is 3.65. The minimum atomic E-state index is -1.18. The molecule has 0 spiro atoms. The fraction of sp³-hybridized carbons (Fsp3) is 0.133. The predicted octanol–water partition coefficient (Wildman–Crippen LogP) is 3.99. The van der Waals surface area contributed by atoms with E-state index in [0.717, 1.165) is 11.6 Å². The van der Waals surface area contributed by atoms with Crippen molar-refractivity contribution in [3.8, 4) is 11.1 Å². The van der Waals surface area contributed by atoms with E-state index in [4.69, 9.17) is 5.11 Å². The van der Waals surface area contributed by atoms with Gasteiger partial charge in [0, 0.05) is 12.1 Å². The Balaban J connectivity index is 0.000000956. The molecule has 2 rings (SSSR count). The molecule has 0 unspecified atom stereocenters. The van der Waals surface area contributed by atoms with Gasteiger partial charge in [-0.2, -0.15) is 0 Å². The first-order chi connectivity index (χ1) is 9.58. The van der Waals surface area contributed by atoms with E-state index in [2.05, 4.69) is 0 Å². The first-order valence-corrected chi connectivity index (χ1v) is 6.16. The molecular formula is C15H15NO4. The van der Waals surface area contributed by atoms with Gasteiger partial charge in [0.15, 0.2) is 0 Å². The molecule has 0 saturated heterocycles. The molecule has 5 heteroatoms. The normalized spacial score (nSPS) is 9.30. The standard InChI is InChI=1S/C13H9NO4.C2H6/c15-13(16)11-6-10(7-12(8-11)14(17)18)9-4-2-1-3-5-9;1-2/h1-8H,(H,15,16);1-2H3. The summed E-state index contributed by atoms with van der Waals surface area (Å²) in [4.78, 5) is 21.1. The molecule has 0 amide bonds. The predicted molar refractivity (Wildman–Crippen MR) is 76.8 cm³/mol. The number of carboxylic acid groups (broad SMARTS) is 1. The SMILES string of the molecule is CC.O=C(O)c1cc(-c2ccccc2)cc([N+](=O)[O-])c1. The number of carboxylic acids is 1. The summed E-state index contributed by atoms with van der Waals surface area (Å²) in [5.74, 6) is -1.18. The van der Waals surface area contributed by atoms with Crippen LogP contribution in [0.2, 0.25) is 0 Å². The van der Waals surface area contributed by atoms with Crippen LogP contribution in [0.4, 0.5) is 5.69 Å². The highest BCUT2D eigenvalue weighted by molar-refractivity contribution is 5.90. The number of nitro benzene ring substituents is 1. The maximum atomic E-state index is 10.9. The van der Waals surface area contributed by atoms with Crippen molar-refractivity contribution in [1.82, 2.24) is 0 Å². The van der Waals surface area contributed by atoms with Gasteiger partial charge in [0.2, 0.25) is 0 Å². The molecule has 1 N–H and O–H groups in total. The van der Waals surface area contributed by atoms with Crippen molar-refractivity contribution in [3.63, 3.8) is 0 Å². The lowest BCUT2D eigenvalue weighted by atomic mass is 10.0. The molecule has 20 heavy (non-hydrogen) atoms. The van der Waals surface area contributed by atoms with E-state index in [1.807, 2.05) is 19.9 Å². The molecule has 2 aromatic carbocycles. The van der Waals surface area contributed by atoms with E-state index in [1.54, 1.807) is 24.3 Å². The van der Waals surface area contributed by atoms with Crippen molar-refractivity contribution in [3.05, 3.63) is 64.2 Å². The summed E-state index contributed by atoms with van der Waals surface area (Å²) in [5.41, 5.74) is 0.933. The van der Waals surface area contributed by atoms with E-state index < -0.39 is 10.9 Å². The van der Waals surface area contributed by atoms with Crippen LogP contribution in [0.25, 0.3) is 11.1 Å². The van der Waals surface area contributed by atoms with Crippen molar-refractivity contribution in [2.45, 2.75) is 13.8 Å². The minimum Gasteiger partial charge on any atom is -0.478 e. The number of hydrogen-bond acceptors (Lipinski definition) is 3. The van der Waals surface area contributed by atoms with E-state index in [1.165, 1.54) is 12.1 Å². The van der Waals surface area contributed by atoms with Crippen molar-refractivity contribution >= 4 is 11.7 Å². The Kier molecular flexibility index (Phi) is 5.41. The Morgan fingerprint density at radius 2 is 1.65 bits per heavy atom. The molecule has 0 heterocycles. The van der Waals surface area contributed by atoms with Crippen molar-refractivity contribution in [1.29, 1.82) is 0 Å². The molecule has 0 radical (unpaired) electrons. The fourth-order valence-electron chi connectivity index (χ4n) is 1.64. The van der Waals surface area contributed by atoms with Crippen molar-refractivity contribution in [2.75, 3.05) is 0 Å². The Bertz CT molecular complexity index is 576. The number of carbonyl (C=O) groups is 1. The Morgan fingerprint density at radius 1 is 1.05 bits per heavy atom. The molecule has 0 aliphatic carbocycles. The molecule has 0 atom stereocenters. The minimum absolute atomic E-state index is 0.0944. The highest BCUT2D eigenvalue weighted by Gasteiger charge is 2.14. The van der Waals surface area contributed by atoms with Crippen molar-refractivity contribution < 1.29 is 14.8 Å². The van der Waals surface area contributed by atoms with E-state index >= 15 is 0 Å². The number of benzene rings is 2. The summed E-state index contributed by atoms with van der Waals surface area (Å²) in [6.45, 7) is 4.00. The molecule has 5 nitrogen and oxygen atoms in total. The molecule has 0 aliphatic heterocycles. The smallest absolute Gasteiger partial charge is 0.335 e. The lowest BCUT2D eigenvalue weighted by Crippen LogP contribution is -1.99. The topological polar surface area (TPSA) is 80.4 Å². The average molecular weight is 273 g/mol. The molecule has 0 aliphatic rings. The van der Waals surface area contributed by atoms with Crippen LogP contribution in [0.15, 0.2) is 48.5 Å². The highest BCUT2D eigenvalue weighted by atomic mass is 16.6. The van der Waals surface area contributed by atoms with Crippen LogP contribution in [0.1, 0.15) is 24.2 Å². The molecule has 104 valence electrons. The molecule has 2 aromatic rings. The van der Waals surface area contributed by atoms with Gasteiger partial charge in [-0.15, -0.1) is 0 Å². The third-order valence-electron chi connectivity index (χ3n) is 2.48. The summed E-state index contributed by atoms with van der Waals surface area (Å²) in [5, 5.41) is 19.7. The average Bonchev–Trinajstić information content (AvgIpc) is 2.49. The van der Waals surface area contributed by atoms with Crippen LogP contribution in [0.5, 0.6) is 0 Å². The lowest BCUT2D eigenvalue weighted by molar-refractivity contribution is -0.384. The van der Waals surface area contributed by atoms with Gasteiger partial charge in [-0.3, -0.25) is 10.1 Å². The van der Waals surface area contributed by atoms with Crippen LogP contribution in [-0.4, -0.2) is 16.0 Å². The quantitative estimate of drug-likeness (QED) is 0.677. The Hall–Kier alpha value is -2.69. The van der Waals surface area contributed by atoms with Gasteiger partial charge in [0.1, 0.15) is 0 Å². The number of rotatable bonds is 3. The zero-order valence-corrected chi connectivity index (χ0v) is 11.2. The molecule has 0 bridgehead atoms. The van der Waals surface area contributed by atoms with Crippen LogP contribution >= 0.6 is 0 Å². The second kappa shape index (κ2) is 7.04. The van der Waals surface area contributed by atoms with Gasteiger partial charge in [-0.1, -0.05) is 44.2 Å². The second-order valence-electron chi connectivity index (χ2n) is 3.70. The largest absolute Gasteiger partial charge is 0.478 e. The van der Waals surface area contributed by atoms with Crippen LogP contribution in [-0.2, 0) is 0 Å².